The average Bonchev–Trinajstić information content (AvgIpc) is 2.89. The minimum atomic E-state index is -10.7. The number of benzene rings is 1. The third-order valence-electron chi connectivity index (χ3n) is 5.11. The van der Waals surface area contributed by atoms with Gasteiger partial charge in [0.15, 0.2) is 18.9 Å². The first kappa shape index (κ1) is 26.9. The molecule has 4 nitrogen and oxygen atoms in total. The van der Waals surface area contributed by atoms with Crippen molar-refractivity contribution in [3.05, 3.63) is 121 Å². The van der Waals surface area contributed by atoms with Crippen molar-refractivity contribution in [1.29, 1.82) is 0 Å². The predicted octanol–water partition coefficient (Wildman–Crippen LogP) is 8.59. The van der Waals surface area contributed by atoms with Gasteiger partial charge >= 0.3 is 33.0 Å². The fourth-order valence-electron chi connectivity index (χ4n) is 3.54. The molecule has 0 bridgehead atoms. The standard InChI is InChI=1S/C27H21N4.F6P/c1-2-8-21(9-3-1)20-31-16-12-22(13-17-31)23-18-26(24-10-4-6-14-28-24)30-27(19-23)25-11-5-7-15-29-25;1-7(2,3,4,5)6/h1-19H,20H2;/q+1;-1. The zero-order chi connectivity index (χ0) is 27.3. The molecule has 5 rings (SSSR count). The molecule has 4 aromatic heterocycles. The Morgan fingerprint density at radius 1 is 0.553 bits per heavy atom. The van der Waals surface area contributed by atoms with Crippen LogP contribution < -0.4 is 4.57 Å². The Morgan fingerprint density at radius 2 is 1.03 bits per heavy atom. The summed E-state index contributed by atoms with van der Waals surface area (Å²) in [4.78, 5) is 13.8. The second-order valence-corrected chi connectivity index (χ2v) is 10.2. The number of halogens is 6. The van der Waals surface area contributed by atoms with E-state index >= 15 is 0 Å². The summed E-state index contributed by atoms with van der Waals surface area (Å²) in [6.07, 6.45) is 7.81. The minimum absolute atomic E-state index is 0.833. The SMILES string of the molecule is F[P-](F)(F)(F)(F)F.c1ccc(C[n+]2ccc(-c3cc(-c4ccccn4)nc(-c4ccccn4)c3)cc2)cc1. The normalized spacial score (nSPS) is 13.0. The van der Waals surface area contributed by atoms with E-state index in [0.29, 0.717) is 0 Å². The Kier molecular flexibility index (Phi) is 7.04. The molecule has 0 atom stereocenters. The van der Waals surface area contributed by atoms with Gasteiger partial charge in [0.25, 0.3) is 0 Å². The van der Waals surface area contributed by atoms with Gasteiger partial charge in [0, 0.05) is 30.1 Å². The Hall–Kier alpha value is -4.17. The van der Waals surface area contributed by atoms with Gasteiger partial charge in [-0.3, -0.25) is 9.97 Å². The van der Waals surface area contributed by atoms with Crippen molar-refractivity contribution in [2.45, 2.75) is 6.54 Å². The van der Waals surface area contributed by atoms with Gasteiger partial charge in [0.1, 0.15) is 0 Å². The summed E-state index contributed by atoms with van der Waals surface area (Å²) in [5.41, 5.74) is 6.84. The zero-order valence-electron chi connectivity index (χ0n) is 19.7. The summed E-state index contributed by atoms with van der Waals surface area (Å²) >= 11 is 0. The molecule has 4 heterocycles. The van der Waals surface area contributed by atoms with Gasteiger partial charge in [-0.05, 0) is 47.5 Å². The average molecular weight is 546 g/mol. The number of aromatic nitrogens is 4. The maximum Gasteiger partial charge on any atom is 0.173 e. The van der Waals surface area contributed by atoms with E-state index in [2.05, 4.69) is 75.5 Å². The molecule has 5 aromatic rings. The van der Waals surface area contributed by atoms with E-state index in [4.69, 9.17) is 4.98 Å². The molecule has 0 fully saturated rings. The molecule has 0 radical (unpaired) electrons. The van der Waals surface area contributed by atoms with E-state index in [9.17, 15) is 25.2 Å². The predicted molar refractivity (Wildman–Crippen MR) is 135 cm³/mol. The molecule has 38 heavy (non-hydrogen) atoms. The van der Waals surface area contributed by atoms with Crippen LogP contribution in [0.25, 0.3) is 33.9 Å². The van der Waals surface area contributed by atoms with Crippen LogP contribution in [0.15, 0.2) is 116 Å². The quantitative estimate of drug-likeness (QED) is 0.126. The summed E-state index contributed by atoms with van der Waals surface area (Å²) in [6.45, 7) is 0.843. The Bertz CT molecular complexity index is 1430. The number of pyridine rings is 4. The second kappa shape index (κ2) is 9.95. The summed E-state index contributed by atoms with van der Waals surface area (Å²) in [7, 11) is -10.7. The number of hydrogen-bond acceptors (Lipinski definition) is 3. The van der Waals surface area contributed by atoms with Crippen molar-refractivity contribution in [2.24, 2.45) is 0 Å². The van der Waals surface area contributed by atoms with Crippen LogP contribution in [0.2, 0.25) is 0 Å². The molecule has 0 saturated carbocycles. The van der Waals surface area contributed by atoms with Gasteiger partial charge in [-0.1, -0.05) is 42.5 Å². The van der Waals surface area contributed by atoms with Crippen molar-refractivity contribution in [1.82, 2.24) is 15.0 Å². The van der Waals surface area contributed by atoms with E-state index in [1.807, 2.05) is 42.5 Å². The summed E-state index contributed by atoms with van der Waals surface area (Å²) in [6, 6.07) is 30.7. The van der Waals surface area contributed by atoms with Crippen LogP contribution >= 0.6 is 7.81 Å². The molecule has 0 aliphatic carbocycles. The molecule has 11 heteroatoms. The largest absolute Gasteiger partial charge is 0.255 e. The van der Waals surface area contributed by atoms with Crippen molar-refractivity contribution >= 4 is 7.81 Å². The Balaban J connectivity index is 0.000000426. The molecule has 0 aliphatic heterocycles. The molecule has 1 aromatic carbocycles. The molecule has 0 saturated heterocycles. The fraction of sp³-hybridized carbons (Fsp3) is 0.0370. The van der Waals surface area contributed by atoms with Crippen molar-refractivity contribution < 1.29 is 29.7 Å². The van der Waals surface area contributed by atoms with Crippen LogP contribution in [0.4, 0.5) is 25.2 Å². The summed E-state index contributed by atoms with van der Waals surface area (Å²) in [5.74, 6) is 0. The van der Waals surface area contributed by atoms with Crippen LogP contribution in [-0.2, 0) is 6.54 Å². The van der Waals surface area contributed by atoms with Gasteiger partial charge < -0.3 is 0 Å². The molecule has 0 spiro atoms. The van der Waals surface area contributed by atoms with E-state index in [0.717, 1.165) is 40.4 Å². The van der Waals surface area contributed by atoms with E-state index in [1.165, 1.54) is 5.56 Å². The van der Waals surface area contributed by atoms with Crippen LogP contribution in [0.3, 0.4) is 0 Å². The number of hydrogen-bond donors (Lipinski definition) is 0. The van der Waals surface area contributed by atoms with Gasteiger partial charge in [0.05, 0.1) is 22.8 Å². The van der Waals surface area contributed by atoms with Gasteiger partial charge in [-0.15, -0.1) is 0 Å². The summed E-state index contributed by atoms with van der Waals surface area (Å²) in [5, 5.41) is 0. The minimum Gasteiger partial charge on any atom is -0.255 e. The van der Waals surface area contributed by atoms with Gasteiger partial charge in [-0.25, -0.2) is 9.55 Å². The van der Waals surface area contributed by atoms with E-state index < -0.39 is 7.81 Å². The third-order valence-corrected chi connectivity index (χ3v) is 5.11. The molecule has 0 N–H and O–H groups in total. The zero-order valence-corrected chi connectivity index (χ0v) is 20.6. The van der Waals surface area contributed by atoms with Crippen LogP contribution in [-0.4, -0.2) is 15.0 Å². The first-order valence-corrected chi connectivity index (χ1v) is 13.3. The van der Waals surface area contributed by atoms with Crippen molar-refractivity contribution in [2.75, 3.05) is 0 Å². The van der Waals surface area contributed by atoms with Crippen LogP contribution in [0.5, 0.6) is 0 Å². The first-order chi connectivity index (χ1) is 17.8. The van der Waals surface area contributed by atoms with Crippen LogP contribution in [0.1, 0.15) is 5.56 Å². The number of nitrogens with zero attached hydrogens (tertiary/aromatic N) is 4. The maximum absolute atomic E-state index is 10.7. The van der Waals surface area contributed by atoms with E-state index in [-0.39, 0.29) is 0 Å². The summed E-state index contributed by atoms with van der Waals surface area (Å²) < 4.78 is 61.4. The molecule has 0 aliphatic rings. The molecule has 196 valence electrons. The van der Waals surface area contributed by atoms with Gasteiger partial charge in [-0.2, -0.15) is 0 Å². The monoisotopic (exact) mass is 546 g/mol. The Labute approximate surface area is 214 Å². The Morgan fingerprint density at radius 3 is 1.47 bits per heavy atom. The molecule has 0 amide bonds. The van der Waals surface area contributed by atoms with Crippen LogP contribution in [0, 0.1) is 0 Å². The fourth-order valence-corrected chi connectivity index (χ4v) is 3.54. The number of rotatable bonds is 5. The molecular weight excluding hydrogens is 525 g/mol. The van der Waals surface area contributed by atoms with E-state index in [1.54, 1.807) is 12.4 Å². The van der Waals surface area contributed by atoms with Crippen molar-refractivity contribution in [3.63, 3.8) is 0 Å². The third kappa shape index (κ3) is 9.05. The smallest absolute Gasteiger partial charge is 0.173 e. The maximum atomic E-state index is 9.87. The van der Waals surface area contributed by atoms with Crippen molar-refractivity contribution in [3.8, 4) is 33.9 Å². The topological polar surface area (TPSA) is 42.5 Å². The molecular formula is C27H21F6N4P. The van der Waals surface area contributed by atoms with Gasteiger partial charge in [0.2, 0.25) is 0 Å². The first-order valence-electron chi connectivity index (χ1n) is 11.2. The molecule has 0 unspecified atom stereocenters. The second-order valence-electron chi connectivity index (χ2n) is 8.26.